The predicted molar refractivity (Wildman–Crippen MR) is 58.4 cm³/mol. The normalized spacial score (nSPS) is 10.7. The van der Waals surface area contributed by atoms with Crippen LogP contribution >= 0.6 is 0 Å². The van der Waals surface area contributed by atoms with Crippen LogP contribution < -0.4 is 0 Å². The van der Waals surface area contributed by atoms with Crippen molar-refractivity contribution in [1.29, 1.82) is 0 Å². The van der Waals surface area contributed by atoms with Gasteiger partial charge in [-0.3, -0.25) is 0 Å². The molecule has 0 radical (unpaired) electrons. The maximum atomic E-state index is 10.5. The second kappa shape index (κ2) is 10.9. The smallest absolute Gasteiger partial charge is 0.333 e. The van der Waals surface area contributed by atoms with E-state index in [4.69, 9.17) is 5.11 Å². The number of carbonyl (C=O) groups is 2. The van der Waals surface area contributed by atoms with E-state index in [1.54, 1.807) is 6.92 Å². The molecule has 0 spiro atoms. The van der Waals surface area contributed by atoms with Gasteiger partial charge < -0.3 is 14.6 Å². The Kier molecular flexibility index (Phi) is 11.8. The first-order valence-corrected chi connectivity index (χ1v) is 4.88. The van der Waals surface area contributed by atoms with Crippen LogP contribution in [-0.2, 0) is 14.3 Å². The first kappa shape index (κ1) is 16.3. The minimum atomic E-state index is -0.455. The number of esters is 1. The van der Waals surface area contributed by atoms with E-state index in [1.165, 1.54) is 0 Å². The molecule has 15 heavy (non-hydrogen) atoms. The van der Waals surface area contributed by atoms with Gasteiger partial charge in [-0.2, -0.15) is 0 Å². The van der Waals surface area contributed by atoms with Crippen molar-refractivity contribution in [3.63, 3.8) is 0 Å². The van der Waals surface area contributed by atoms with E-state index >= 15 is 0 Å². The number of aliphatic hydroxyl groups excluding tert-OH is 1. The molecule has 1 atom stereocenters. The average molecular weight is 216 g/mol. The molecule has 0 heterocycles. The van der Waals surface area contributed by atoms with Gasteiger partial charge in [0.2, 0.25) is 0 Å². The molecular formula is C11H20O4. The fraction of sp³-hybridized carbons (Fsp3) is 0.636. The molecule has 0 amide bonds. The van der Waals surface area contributed by atoms with Gasteiger partial charge in [0, 0.05) is 11.5 Å². The van der Waals surface area contributed by atoms with E-state index in [0.717, 1.165) is 12.7 Å². The van der Waals surface area contributed by atoms with Crippen molar-refractivity contribution in [2.24, 2.45) is 5.92 Å². The number of aldehydes is 1. The third kappa shape index (κ3) is 12.8. The van der Waals surface area contributed by atoms with E-state index in [-0.39, 0.29) is 19.1 Å². The zero-order valence-corrected chi connectivity index (χ0v) is 9.66. The van der Waals surface area contributed by atoms with E-state index in [2.05, 4.69) is 11.3 Å². The Morgan fingerprint density at radius 2 is 2.13 bits per heavy atom. The number of rotatable bonds is 5. The zero-order chi connectivity index (χ0) is 12.3. The standard InChI is InChI=1S/C6H10O3.C5H10O/c1-5(2)6(8)9-4-3-7;1-3-5(2)4-6/h7H,1,3-4H2,2H3;4-5H,3H2,1-2H3. The second-order valence-electron chi connectivity index (χ2n) is 3.16. The van der Waals surface area contributed by atoms with Gasteiger partial charge in [0.25, 0.3) is 0 Å². The maximum Gasteiger partial charge on any atom is 0.333 e. The average Bonchev–Trinajstić information content (AvgIpc) is 2.25. The zero-order valence-electron chi connectivity index (χ0n) is 9.66. The minimum absolute atomic E-state index is 0.0473. The SMILES string of the molecule is C=C(C)C(=O)OCCO.CCC(C)C=O. The fourth-order valence-electron chi connectivity index (χ4n) is 0.358. The summed E-state index contributed by atoms with van der Waals surface area (Å²) in [6, 6.07) is 0. The molecule has 4 nitrogen and oxygen atoms in total. The Balaban J connectivity index is 0. The molecule has 0 aliphatic rings. The van der Waals surface area contributed by atoms with Gasteiger partial charge in [-0.15, -0.1) is 0 Å². The molecule has 4 heteroatoms. The van der Waals surface area contributed by atoms with Crippen LogP contribution in [0.1, 0.15) is 27.2 Å². The van der Waals surface area contributed by atoms with Crippen LogP contribution in [0.2, 0.25) is 0 Å². The Labute approximate surface area is 90.9 Å². The lowest BCUT2D eigenvalue weighted by atomic mass is 10.2. The molecule has 0 aromatic heterocycles. The van der Waals surface area contributed by atoms with Crippen LogP contribution in [0.25, 0.3) is 0 Å². The van der Waals surface area contributed by atoms with Crippen molar-refractivity contribution >= 4 is 12.3 Å². The predicted octanol–water partition coefficient (Wildman–Crippen LogP) is 1.33. The lowest BCUT2D eigenvalue weighted by Gasteiger charge is -1.99. The first-order chi connectivity index (χ1) is 6.99. The molecule has 1 unspecified atom stereocenters. The van der Waals surface area contributed by atoms with E-state index < -0.39 is 5.97 Å². The summed E-state index contributed by atoms with van der Waals surface area (Å²) in [5.74, 6) is -0.200. The first-order valence-electron chi connectivity index (χ1n) is 4.88. The number of ether oxygens (including phenoxy) is 1. The highest BCUT2D eigenvalue weighted by atomic mass is 16.5. The van der Waals surface area contributed by atoms with Gasteiger partial charge in [0.15, 0.2) is 0 Å². The van der Waals surface area contributed by atoms with Crippen LogP contribution in [0.4, 0.5) is 0 Å². The molecule has 0 saturated carbocycles. The lowest BCUT2D eigenvalue weighted by Crippen LogP contribution is -2.08. The number of aliphatic hydroxyl groups is 1. The quantitative estimate of drug-likeness (QED) is 0.428. The van der Waals surface area contributed by atoms with Gasteiger partial charge in [-0.25, -0.2) is 4.79 Å². The highest BCUT2D eigenvalue weighted by Crippen LogP contribution is 1.92. The Morgan fingerprint density at radius 3 is 2.33 bits per heavy atom. The van der Waals surface area contributed by atoms with Crippen molar-refractivity contribution in [3.05, 3.63) is 12.2 Å². The van der Waals surface area contributed by atoms with Crippen LogP contribution in [-0.4, -0.2) is 30.6 Å². The van der Waals surface area contributed by atoms with Gasteiger partial charge in [-0.05, 0) is 13.3 Å². The maximum absolute atomic E-state index is 10.5. The summed E-state index contributed by atoms with van der Waals surface area (Å²) < 4.78 is 4.46. The third-order valence-corrected chi connectivity index (χ3v) is 1.55. The molecule has 0 rings (SSSR count). The van der Waals surface area contributed by atoms with Gasteiger partial charge in [0.05, 0.1) is 6.61 Å². The lowest BCUT2D eigenvalue weighted by molar-refractivity contribution is -0.139. The van der Waals surface area contributed by atoms with Gasteiger partial charge in [-0.1, -0.05) is 20.4 Å². The van der Waals surface area contributed by atoms with Crippen molar-refractivity contribution in [3.8, 4) is 0 Å². The number of carbonyl (C=O) groups excluding carboxylic acids is 2. The third-order valence-electron chi connectivity index (χ3n) is 1.55. The van der Waals surface area contributed by atoms with Gasteiger partial charge in [0.1, 0.15) is 12.9 Å². The Morgan fingerprint density at radius 1 is 1.60 bits per heavy atom. The van der Waals surface area contributed by atoms with Crippen LogP contribution in [0.5, 0.6) is 0 Å². The topological polar surface area (TPSA) is 63.6 Å². The summed E-state index contributed by atoms with van der Waals surface area (Å²) in [6.45, 7) is 8.72. The summed E-state index contributed by atoms with van der Waals surface area (Å²) >= 11 is 0. The summed E-state index contributed by atoms with van der Waals surface area (Å²) in [5, 5.41) is 8.19. The summed E-state index contributed by atoms with van der Waals surface area (Å²) in [5.41, 5.74) is 0.350. The van der Waals surface area contributed by atoms with Crippen molar-refractivity contribution in [2.75, 3.05) is 13.2 Å². The highest BCUT2D eigenvalue weighted by molar-refractivity contribution is 5.86. The van der Waals surface area contributed by atoms with Crippen LogP contribution in [0.15, 0.2) is 12.2 Å². The molecule has 0 aromatic carbocycles. The van der Waals surface area contributed by atoms with E-state index in [9.17, 15) is 9.59 Å². The monoisotopic (exact) mass is 216 g/mol. The van der Waals surface area contributed by atoms with Gasteiger partial charge >= 0.3 is 5.97 Å². The summed E-state index contributed by atoms with van der Waals surface area (Å²) in [7, 11) is 0. The Bertz CT molecular complexity index is 199. The van der Waals surface area contributed by atoms with E-state index in [1.807, 2.05) is 13.8 Å². The Hall–Kier alpha value is -1.16. The number of hydrogen-bond donors (Lipinski definition) is 1. The van der Waals surface area contributed by atoms with Crippen molar-refractivity contribution in [2.45, 2.75) is 27.2 Å². The molecule has 0 bridgehead atoms. The second-order valence-corrected chi connectivity index (χ2v) is 3.16. The van der Waals surface area contributed by atoms with Crippen LogP contribution in [0, 0.1) is 5.92 Å². The molecule has 0 aromatic rings. The number of hydrogen-bond acceptors (Lipinski definition) is 4. The summed E-state index contributed by atoms with van der Waals surface area (Å²) in [6.07, 6.45) is 1.93. The highest BCUT2D eigenvalue weighted by Gasteiger charge is 1.99. The van der Waals surface area contributed by atoms with Crippen LogP contribution in [0.3, 0.4) is 0 Å². The molecular weight excluding hydrogens is 196 g/mol. The fourth-order valence-corrected chi connectivity index (χ4v) is 0.358. The molecule has 0 saturated heterocycles. The molecule has 0 aliphatic heterocycles. The summed E-state index contributed by atoms with van der Waals surface area (Å²) in [4.78, 5) is 20.2. The molecule has 0 fully saturated rings. The molecule has 88 valence electrons. The largest absolute Gasteiger partial charge is 0.460 e. The van der Waals surface area contributed by atoms with Crippen molar-refractivity contribution in [1.82, 2.24) is 0 Å². The van der Waals surface area contributed by atoms with E-state index in [0.29, 0.717) is 5.57 Å². The minimum Gasteiger partial charge on any atom is -0.460 e. The molecule has 1 N–H and O–H groups in total. The molecule has 0 aliphatic carbocycles. The van der Waals surface area contributed by atoms with Crippen molar-refractivity contribution < 1.29 is 19.4 Å².